The number of anilines is 1. The van der Waals surface area contributed by atoms with Gasteiger partial charge in [0.1, 0.15) is 11.3 Å². The molecule has 0 unspecified atom stereocenters. The minimum atomic E-state index is -4.60. The lowest BCUT2D eigenvalue weighted by Crippen LogP contribution is -2.38. The van der Waals surface area contributed by atoms with Crippen molar-refractivity contribution in [1.29, 1.82) is 0 Å². The van der Waals surface area contributed by atoms with Crippen molar-refractivity contribution in [3.05, 3.63) is 36.3 Å². The predicted octanol–water partition coefficient (Wildman–Crippen LogP) is 3.85. The van der Waals surface area contributed by atoms with Gasteiger partial charge in [-0.05, 0) is 38.4 Å². The van der Waals surface area contributed by atoms with E-state index in [2.05, 4.69) is 30.7 Å². The van der Waals surface area contributed by atoms with E-state index in [4.69, 9.17) is 4.74 Å². The Morgan fingerprint density at radius 1 is 1.31 bits per heavy atom. The summed E-state index contributed by atoms with van der Waals surface area (Å²) in [5.41, 5.74) is 0.354. The maximum absolute atomic E-state index is 13.9. The number of alkyl halides is 3. The second-order valence-corrected chi connectivity index (χ2v) is 7.69. The molecule has 1 fully saturated rings. The molecule has 1 aliphatic heterocycles. The molecule has 4 aromatic rings. The number of rotatable bonds is 5. The molecule has 1 atom stereocenters. The van der Waals surface area contributed by atoms with Crippen molar-refractivity contribution in [2.24, 2.45) is 0 Å². The summed E-state index contributed by atoms with van der Waals surface area (Å²) in [6.07, 6.45) is 1.34. The van der Waals surface area contributed by atoms with Gasteiger partial charge in [-0.15, -0.1) is 5.10 Å². The molecular weight excluding hydrogens is 423 g/mol. The van der Waals surface area contributed by atoms with Crippen LogP contribution in [0.1, 0.15) is 25.3 Å². The number of piperidine rings is 1. The van der Waals surface area contributed by atoms with Gasteiger partial charge in [0.25, 0.3) is 0 Å². The molecule has 1 saturated heterocycles. The molecule has 5 heterocycles. The summed E-state index contributed by atoms with van der Waals surface area (Å²) < 4.78 is 48.6. The van der Waals surface area contributed by atoms with Crippen molar-refractivity contribution in [3.63, 3.8) is 0 Å². The van der Waals surface area contributed by atoms with Crippen LogP contribution >= 0.6 is 0 Å². The third kappa shape index (κ3) is 3.72. The van der Waals surface area contributed by atoms with Crippen LogP contribution in [0.2, 0.25) is 0 Å². The number of aromatic nitrogens is 5. The molecule has 0 saturated carbocycles. The standard InChI is InChI=1S/C21H22F3N7O/c1-2-32-13-5-6-16-17-14(9-26-19(17)30-31(16)11-13)18-15(21(22,23)24)10-27-20(29-18)28-12-4-3-7-25-8-12/h5-6,9-12,25H,2-4,7-8H2,1H3,(H,26,30)(H,27,28,29)/t12-/m0/s1. The average Bonchev–Trinajstić information content (AvgIpc) is 3.33. The zero-order valence-electron chi connectivity index (χ0n) is 17.3. The molecule has 0 aromatic carbocycles. The van der Waals surface area contributed by atoms with E-state index < -0.39 is 11.7 Å². The molecule has 0 spiro atoms. The number of halogens is 3. The predicted molar refractivity (Wildman–Crippen MR) is 114 cm³/mol. The number of aromatic amines is 1. The van der Waals surface area contributed by atoms with E-state index in [0.717, 1.165) is 25.6 Å². The summed E-state index contributed by atoms with van der Waals surface area (Å²) in [5, 5.41) is 11.4. The van der Waals surface area contributed by atoms with E-state index in [1.54, 1.807) is 22.8 Å². The van der Waals surface area contributed by atoms with Crippen LogP contribution in [-0.2, 0) is 6.18 Å². The molecule has 5 rings (SSSR count). The molecule has 32 heavy (non-hydrogen) atoms. The van der Waals surface area contributed by atoms with E-state index in [9.17, 15) is 13.2 Å². The van der Waals surface area contributed by atoms with E-state index in [1.807, 2.05) is 6.92 Å². The monoisotopic (exact) mass is 445 g/mol. The molecule has 0 bridgehead atoms. The molecule has 0 amide bonds. The molecule has 168 valence electrons. The molecular formula is C21H22F3N7O. The van der Waals surface area contributed by atoms with Crippen molar-refractivity contribution in [1.82, 2.24) is 29.9 Å². The number of hydrogen-bond acceptors (Lipinski definition) is 6. The minimum Gasteiger partial charge on any atom is -0.492 e. The molecule has 3 N–H and O–H groups in total. The lowest BCUT2D eigenvalue weighted by atomic mass is 10.1. The Morgan fingerprint density at radius 2 is 2.19 bits per heavy atom. The highest BCUT2D eigenvalue weighted by molar-refractivity contribution is 6.04. The summed E-state index contributed by atoms with van der Waals surface area (Å²) in [6.45, 7) is 4.01. The number of H-pyrrole nitrogens is 1. The highest BCUT2D eigenvalue weighted by Gasteiger charge is 2.36. The SMILES string of the molecule is CCOc1ccc2c3c(-c4nc(N[C@H]5CCCNC5)ncc4C(F)(F)F)c[nH]c3nn2c1. The van der Waals surface area contributed by atoms with Crippen molar-refractivity contribution < 1.29 is 17.9 Å². The number of nitrogens with one attached hydrogen (secondary N) is 3. The summed E-state index contributed by atoms with van der Waals surface area (Å²) >= 11 is 0. The van der Waals surface area contributed by atoms with Crippen LogP contribution in [0, 0.1) is 0 Å². The van der Waals surface area contributed by atoms with E-state index >= 15 is 0 Å². The number of ether oxygens (including phenoxy) is 1. The van der Waals surface area contributed by atoms with Gasteiger partial charge >= 0.3 is 6.18 Å². The van der Waals surface area contributed by atoms with Gasteiger partial charge in [0.05, 0.1) is 29.4 Å². The topological polar surface area (TPSA) is 92.2 Å². The smallest absolute Gasteiger partial charge is 0.419 e. The number of hydrogen-bond donors (Lipinski definition) is 3. The summed E-state index contributed by atoms with van der Waals surface area (Å²) in [4.78, 5) is 11.2. The van der Waals surface area contributed by atoms with Gasteiger partial charge in [0.15, 0.2) is 5.65 Å². The van der Waals surface area contributed by atoms with Crippen LogP contribution in [0.4, 0.5) is 19.1 Å². The normalized spacial score (nSPS) is 17.2. The molecule has 0 radical (unpaired) electrons. The lowest BCUT2D eigenvalue weighted by Gasteiger charge is -2.24. The minimum absolute atomic E-state index is 0.0635. The van der Waals surface area contributed by atoms with Crippen molar-refractivity contribution >= 4 is 22.5 Å². The van der Waals surface area contributed by atoms with E-state index in [-0.39, 0.29) is 17.7 Å². The number of pyridine rings is 1. The molecule has 4 aromatic heterocycles. The van der Waals surface area contributed by atoms with Crippen LogP contribution in [0.25, 0.3) is 27.8 Å². The first kappa shape index (κ1) is 20.6. The van der Waals surface area contributed by atoms with Crippen LogP contribution in [-0.4, -0.2) is 50.3 Å². The fourth-order valence-electron chi connectivity index (χ4n) is 4.07. The van der Waals surface area contributed by atoms with E-state index in [0.29, 0.717) is 41.0 Å². The second-order valence-electron chi connectivity index (χ2n) is 7.69. The molecule has 1 aliphatic rings. The lowest BCUT2D eigenvalue weighted by molar-refractivity contribution is -0.137. The van der Waals surface area contributed by atoms with Crippen LogP contribution in [0.3, 0.4) is 0 Å². The highest BCUT2D eigenvalue weighted by atomic mass is 19.4. The average molecular weight is 445 g/mol. The Bertz CT molecular complexity index is 1260. The van der Waals surface area contributed by atoms with Gasteiger partial charge in [-0.25, -0.2) is 14.5 Å². The first-order valence-corrected chi connectivity index (χ1v) is 10.5. The second kappa shape index (κ2) is 7.97. The van der Waals surface area contributed by atoms with Gasteiger partial charge in [-0.3, -0.25) is 0 Å². The summed E-state index contributed by atoms with van der Waals surface area (Å²) in [6, 6.07) is 3.61. The van der Waals surface area contributed by atoms with Crippen LogP contribution in [0.5, 0.6) is 5.75 Å². The van der Waals surface area contributed by atoms with Crippen molar-refractivity contribution in [3.8, 4) is 17.0 Å². The molecule has 11 heteroatoms. The van der Waals surface area contributed by atoms with Crippen molar-refractivity contribution in [2.75, 3.05) is 25.0 Å². The Balaban J connectivity index is 1.63. The third-order valence-electron chi connectivity index (χ3n) is 5.52. The maximum Gasteiger partial charge on any atom is 0.419 e. The third-order valence-corrected chi connectivity index (χ3v) is 5.52. The van der Waals surface area contributed by atoms with Gasteiger partial charge in [-0.2, -0.15) is 13.2 Å². The van der Waals surface area contributed by atoms with Gasteiger partial charge in [0, 0.05) is 30.5 Å². The molecule has 0 aliphatic carbocycles. The first-order valence-electron chi connectivity index (χ1n) is 10.5. The van der Waals surface area contributed by atoms with E-state index in [1.165, 1.54) is 6.20 Å². The molecule has 8 nitrogen and oxygen atoms in total. The largest absolute Gasteiger partial charge is 0.492 e. The number of fused-ring (bicyclic) bond motifs is 3. The Labute approximate surface area is 181 Å². The summed E-state index contributed by atoms with van der Waals surface area (Å²) in [7, 11) is 0. The van der Waals surface area contributed by atoms with Gasteiger partial charge < -0.3 is 20.4 Å². The Kier molecular flexibility index (Phi) is 5.12. The van der Waals surface area contributed by atoms with Crippen LogP contribution < -0.4 is 15.4 Å². The number of nitrogens with zero attached hydrogens (tertiary/aromatic N) is 4. The first-order chi connectivity index (χ1) is 15.4. The highest BCUT2D eigenvalue weighted by Crippen LogP contribution is 2.40. The maximum atomic E-state index is 13.9. The Hall–Kier alpha value is -3.34. The summed E-state index contributed by atoms with van der Waals surface area (Å²) in [5.74, 6) is 0.795. The van der Waals surface area contributed by atoms with Crippen molar-refractivity contribution in [2.45, 2.75) is 32.0 Å². The van der Waals surface area contributed by atoms with Crippen LogP contribution in [0.15, 0.2) is 30.7 Å². The Morgan fingerprint density at radius 3 is 2.94 bits per heavy atom. The fraction of sp³-hybridized carbons (Fsp3) is 0.381. The van der Waals surface area contributed by atoms with Gasteiger partial charge in [-0.1, -0.05) is 0 Å². The van der Waals surface area contributed by atoms with Gasteiger partial charge in [0.2, 0.25) is 5.95 Å². The zero-order chi connectivity index (χ0) is 22.3. The zero-order valence-corrected chi connectivity index (χ0v) is 17.3. The quantitative estimate of drug-likeness (QED) is 0.432. The fourth-order valence-corrected chi connectivity index (χ4v) is 4.07.